The predicted molar refractivity (Wildman–Crippen MR) is 133 cm³/mol. The lowest BCUT2D eigenvalue weighted by molar-refractivity contribution is -0.114. The summed E-state index contributed by atoms with van der Waals surface area (Å²) in [5.41, 5.74) is 4.97. The van der Waals surface area contributed by atoms with Crippen molar-refractivity contribution >= 4 is 44.3 Å². The first kappa shape index (κ1) is 22.0. The highest BCUT2D eigenvalue weighted by atomic mass is 32.1. The van der Waals surface area contributed by atoms with Crippen LogP contribution in [0.4, 0.5) is 15.6 Å². The summed E-state index contributed by atoms with van der Waals surface area (Å²) in [4.78, 5) is 39.0. The molecule has 5 rings (SSSR count). The summed E-state index contributed by atoms with van der Waals surface area (Å²) >= 11 is 1.41. The van der Waals surface area contributed by atoms with Crippen LogP contribution in [0.5, 0.6) is 0 Å². The Morgan fingerprint density at radius 2 is 1.91 bits per heavy atom. The number of rotatable bonds is 4. The van der Waals surface area contributed by atoms with Crippen molar-refractivity contribution in [2.45, 2.75) is 26.3 Å². The molecular weight excluding hydrogens is 450 g/mol. The molecule has 0 unspecified atom stereocenters. The van der Waals surface area contributed by atoms with E-state index in [2.05, 4.69) is 20.6 Å². The molecule has 3 amide bonds. The number of thiazole rings is 1. The van der Waals surface area contributed by atoms with E-state index < -0.39 is 0 Å². The Labute approximate surface area is 200 Å². The Morgan fingerprint density at radius 1 is 1.09 bits per heavy atom. The van der Waals surface area contributed by atoms with Gasteiger partial charge in [0.15, 0.2) is 5.13 Å². The van der Waals surface area contributed by atoms with Crippen molar-refractivity contribution in [1.82, 2.24) is 15.0 Å². The lowest BCUT2D eigenvalue weighted by Crippen LogP contribution is -2.33. The number of pyridine rings is 1. The molecule has 1 aliphatic heterocycles. The van der Waals surface area contributed by atoms with Gasteiger partial charge in [-0.15, -0.1) is 0 Å². The summed E-state index contributed by atoms with van der Waals surface area (Å²) in [7, 11) is 0. The molecule has 1 aliphatic rings. The minimum absolute atomic E-state index is 0.135. The molecule has 1 fully saturated rings. The Kier molecular flexibility index (Phi) is 5.95. The van der Waals surface area contributed by atoms with Gasteiger partial charge in [-0.3, -0.25) is 14.6 Å². The fraction of sp³-hybridized carbons (Fsp3) is 0.200. The van der Waals surface area contributed by atoms with Gasteiger partial charge in [0.25, 0.3) is 0 Å². The number of carbonyl (C=O) groups excluding carboxylic acids is 2. The maximum atomic E-state index is 13.1. The standard InChI is InChI=1S/C25H23N5O3S/c1-15-21(29-25(32)30-22(10-11-33-30)17-6-4-3-5-7-17)12-19(14-26-15)18-8-9-20-23(13-18)34-24(28-20)27-16(2)31/h3-9,12-14,22H,10-11H2,1-2H3,(H,29,32)(H,27,28,31)/t22-/m0/s1. The maximum Gasteiger partial charge on any atom is 0.346 e. The number of urea groups is 1. The van der Waals surface area contributed by atoms with Crippen molar-refractivity contribution in [3.63, 3.8) is 0 Å². The third kappa shape index (κ3) is 4.48. The molecule has 9 heteroatoms. The van der Waals surface area contributed by atoms with E-state index >= 15 is 0 Å². The Balaban J connectivity index is 1.38. The van der Waals surface area contributed by atoms with Crippen LogP contribution in [0.2, 0.25) is 0 Å². The van der Waals surface area contributed by atoms with E-state index in [0.717, 1.165) is 33.3 Å². The summed E-state index contributed by atoms with van der Waals surface area (Å²) in [6, 6.07) is 17.2. The van der Waals surface area contributed by atoms with Crippen LogP contribution < -0.4 is 10.6 Å². The largest absolute Gasteiger partial charge is 0.346 e. The van der Waals surface area contributed by atoms with Crippen molar-refractivity contribution in [2.24, 2.45) is 0 Å². The van der Waals surface area contributed by atoms with E-state index in [-0.39, 0.29) is 18.0 Å². The van der Waals surface area contributed by atoms with Gasteiger partial charge in [0, 0.05) is 25.1 Å². The molecule has 1 atom stereocenters. The number of benzene rings is 2. The van der Waals surface area contributed by atoms with Crippen LogP contribution in [0.15, 0.2) is 60.8 Å². The zero-order valence-electron chi connectivity index (χ0n) is 18.7. The minimum atomic E-state index is -0.328. The van der Waals surface area contributed by atoms with Crippen molar-refractivity contribution in [3.05, 3.63) is 72.1 Å². The van der Waals surface area contributed by atoms with Crippen LogP contribution in [-0.2, 0) is 9.63 Å². The van der Waals surface area contributed by atoms with Gasteiger partial charge in [-0.2, -0.15) is 5.06 Å². The molecule has 0 saturated carbocycles. The lowest BCUT2D eigenvalue weighted by atomic mass is 10.1. The number of hydroxylamine groups is 2. The van der Waals surface area contributed by atoms with Crippen LogP contribution in [0.25, 0.3) is 21.3 Å². The van der Waals surface area contributed by atoms with E-state index in [9.17, 15) is 9.59 Å². The number of carbonyl (C=O) groups is 2. The van der Waals surface area contributed by atoms with E-state index in [1.165, 1.54) is 23.3 Å². The average Bonchev–Trinajstić information content (AvgIpc) is 3.47. The first-order valence-electron chi connectivity index (χ1n) is 10.9. The molecule has 2 N–H and O–H groups in total. The van der Waals surface area contributed by atoms with E-state index in [1.54, 1.807) is 6.20 Å². The maximum absolute atomic E-state index is 13.1. The van der Waals surface area contributed by atoms with Crippen molar-refractivity contribution in [3.8, 4) is 11.1 Å². The lowest BCUT2D eigenvalue weighted by Gasteiger charge is -2.23. The number of fused-ring (bicyclic) bond motifs is 1. The highest BCUT2D eigenvalue weighted by Gasteiger charge is 2.32. The Morgan fingerprint density at radius 3 is 2.71 bits per heavy atom. The molecule has 172 valence electrons. The Bertz CT molecular complexity index is 1370. The average molecular weight is 474 g/mol. The molecule has 3 heterocycles. The molecule has 1 saturated heterocycles. The summed E-state index contributed by atoms with van der Waals surface area (Å²) < 4.78 is 0.948. The molecule has 2 aromatic carbocycles. The third-order valence-corrected chi connectivity index (χ3v) is 6.56. The number of aryl methyl sites for hydroxylation is 1. The van der Waals surface area contributed by atoms with Crippen molar-refractivity contribution in [2.75, 3.05) is 17.2 Å². The first-order valence-corrected chi connectivity index (χ1v) is 11.7. The number of nitrogens with one attached hydrogen (secondary N) is 2. The normalized spacial score (nSPS) is 15.5. The summed E-state index contributed by atoms with van der Waals surface area (Å²) in [6.07, 6.45) is 2.52. The van der Waals surface area contributed by atoms with Gasteiger partial charge >= 0.3 is 6.03 Å². The molecule has 0 radical (unpaired) electrons. The minimum Gasteiger partial charge on any atom is -0.304 e. The van der Waals surface area contributed by atoms with Crippen LogP contribution in [0.1, 0.15) is 30.6 Å². The second kappa shape index (κ2) is 9.20. The second-order valence-electron chi connectivity index (χ2n) is 8.04. The van der Waals surface area contributed by atoms with Crippen LogP contribution in [0, 0.1) is 6.92 Å². The highest BCUT2D eigenvalue weighted by Crippen LogP contribution is 2.33. The van der Waals surface area contributed by atoms with Gasteiger partial charge in [0.05, 0.1) is 34.2 Å². The molecule has 0 spiro atoms. The predicted octanol–water partition coefficient (Wildman–Crippen LogP) is 5.54. The van der Waals surface area contributed by atoms with Crippen LogP contribution >= 0.6 is 11.3 Å². The monoisotopic (exact) mass is 473 g/mol. The SMILES string of the molecule is CC(=O)Nc1nc2ccc(-c3cnc(C)c(NC(=O)N4OCC[C@H]4c4ccccc4)c3)cc2s1. The fourth-order valence-corrected chi connectivity index (χ4v) is 4.89. The first-order chi connectivity index (χ1) is 16.5. The second-order valence-corrected chi connectivity index (χ2v) is 9.07. The van der Waals surface area contributed by atoms with Gasteiger partial charge in [0.2, 0.25) is 5.91 Å². The van der Waals surface area contributed by atoms with E-state index in [1.807, 2.05) is 61.5 Å². The number of hydrogen-bond acceptors (Lipinski definition) is 6. The number of anilines is 2. The third-order valence-electron chi connectivity index (χ3n) is 5.62. The van der Waals surface area contributed by atoms with Gasteiger partial charge in [-0.25, -0.2) is 9.78 Å². The summed E-state index contributed by atoms with van der Waals surface area (Å²) in [6.45, 7) is 3.80. The Hall–Kier alpha value is -3.82. The number of hydrogen-bond donors (Lipinski definition) is 2. The quantitative estimate of drug-likeness (QED) is 0.406. The molecule has 34 heavy (non-hydrogen) atoms. The molecule has 4 aromatic rings. The van der Waals surface area contributed by atoms with E-state index in [0.29, 0.717) is 23.1 Å². The van der Waals surface area contributed by atoms with Gasteiger partial charge < -0.3 is 10.6 Å². The smallest absolute Gasteiger partial charge is 0.304 e. The van der Waals surface area contributed by atoms with Gasteiger partial charge in [-0.1, -0.05) is 47.7 Å². The highest BCUT2D eigenvalue weighted by molar-refractivity contribution is 7.22. The molecule has 0 aliphatic carbocycles. The van der Waals surface area contributed by atoms with Gasteiger partial charge in [-0.05, 0) is 36.2 Å². The molecule has 2 aromatic heterocycles. The van der Waals surface area contributed by atoms with Crippen molar-refractivity contribution < 1.29 is 14.4 Å². The molecule has 8 nitrogen and oxygen atoms in total. The summed E-state index contributed by atoms with van der Waals surface area (Å²) in [5, 5.41) is 7.67. The van der Waals surface area contributed by atoms with E-state index in [4.69, 9.17) is 4.84 Å². The molecule has 0 bridgehead atoms. The van der Waals surface area contributed by atoms with Crippen LogP contribution in [-0.4, -0.2) is 33.6 Å². The fourth-order valence-electron chi connectivity index (χ4n) is 3.94. The van der Waals surface area contributed by atoms with Gasteiger partial charge in [0.1, 0.15) is 0 Å². The summed E-state index contributed by atoms with van der Waals surface area (Å²) in [5.74, 6) is -0.154. The number of aromatic nitrogens is 2. The molecular formula is C25H23N5O3S. The zero-order valence-corrected chi connectivity index (χ0v) is 19.6. The zero-order chi connectivity index (χ0) is 23.7. The van der Waals surface area contributed by atoms with Crippen molar-refractivity contribution in [1.29, 1.82) is 0 Å². The van der Waals surface area contributed by atoms with Crippen LogP contribution in [0.3, 0.4) is 0 Å². The number of nitrogens with zero attached hydrogens (tertiary/aromatic N) is 3. The number of amides is 3. The topological polar surface area (TPSA) is 96.4 Å².